The molecule has 172 valence electrons. The molecule has 1 aliphatic heterocycles. The fourth-order valence-corrected chi connectivity index (χ4v) is 5.66. The minimum absolute atomic E-state index is 0.0203. The summed E-state index contributed by atoms with van der Waals surface area (Å²) in [6.45, 7) is 13.0. The molecular weight excluding hydrogens is 409 g/mol. The highest BCUT2D eigenvalue weighted by Crippen LogP contribution is 2.54. The molecule has 1 aromatic heterocycles. The van der Waals surface area contributed by atoms with Gasteiger partial charge in [-0.3, -0.25) is 0 Å². The van der Waals surface area contributed by atoms with Crippen LogP contribution in [0.2, 0.25) is 0 Å². The molecule has 3 aromatic rings. The molecule has 0 spiro atoms. The number of benzene rings is 2. The molecule has 1 fully saturated rings. The smallest absolute Gasteiger partial charge is 0.399 e. The van der Waals surface area contributed by atoms with Crippen molar-refractivity contribution < 1.29 is 9.31 Å². The Hall–Kier alpha value is -2.44. The first-order valence-corrected chi connectivity index (χ1v) is 12.2. The van der Waals surface area contributed by atoms with Gasteiger partial charge in [-0.15, -0.1) is 0 Å². The number of hydrogen-bond donors (Lipinski definition) is 1. The fourth-order valence-electron chi connectivity index (χ4n) is 5.66. The Balaban J connectivity index is 1.65. The molecule has 5 nitrogen and oxygen atoms in total. The third-order valence-corrected chi connectivity index (χ3v) is 7.97. The zero-order valence-electron chi connectivity index (χ0n) is 20.7. The molecule has 1 aliphatic carbocycles. The summed E-state index contributed by atoms with van der Waals surface area (Å²) in [6.07, 6.45) is 6.24. The second-order valence-electron chi connectivity index (χ2n) is 10.6. The van der Waals surface area contributed by atoms with Crippen LogP contribution in [0.25, 0.3) is 22.4 Å². The molecular formula is C27H34BN3O2. The lowest BCUT2D eigenvalue weighted by Crippen LogP contribution is -2.41. The van der Waals surface area contributed by atoms with Crippen molar-refractivity contribution in [3.05, 3.63) is 53.7 Å². The van der Waals surface area contributed by atoms with E-state index in [0.29, 0.717) is 0 Å². The molecule has 5 rings (SSSR count). The lowest BCUT2D eigenvalue weighted by atomic mass is 9.69. The van der Waals surface area contributed by atoms with E-state index >= 15 is 0 Å². The minimum atomic E-state index is -0.351. The van der Waals surface area contributed by atoms with E-state index in [1.165, 1.54) is 22.3 Å². The highest BCUT2D eigenvalue weighted by molar-refractivity contribution is 6.62. The van der Waals surface area contributed by atoms with Gasteiger partial charge >= 0.3 is 7.12 Å². The van der Waals surface area contributed by atoms with Gasteiger partial charge in [0.25, 0.3) is 0 Å². The second-order valence-corrected chi connectivity index (χ2v) is 10.6. The quantitative estimate of drug-likeness (QED) is 0.501. The van der Waals surface area contributed by atoms with Crippen LogP contribution in [-0.2, 0) is 14.7 Å². The number of nitrogens with one attached hydrogen (secondary N) is 1. The first-order valence-electron chi connectivity index (χ1n) is 12.2. The number of nitrogens with zero attached hydrogens (tertiary/aromatic N) is 2. The van der Waals surface area contributed by atoms with Crippen LogP contribution in [0, 0.1) is 0 Å². The van der Waals surface area contributed by atoms with E-state index in [1.807, 2.05) is 0 Å². The Bertz CT molecular complexity index is 1150. The summed E-state index contributed by atoms with van der Waals surface area (Å²) in [6, 6.07) is 13.6. The molecule has 0 amide bonds. The Morgan fingerprint density at radius 3 is 2.03 bits per heavy atom. The van der Waals surface area contributed by atoms with Crippen molar-refractivity contribution in [2.24, 2.45) is 0 Å². The summed E-state index contributed by atoms with van der Waals surface area (Å²) in [7, 11) is -0.351. The lowest BCUT2D eigenvalue weighted by Gasteiger charge is -2.32. The van der Waals surface area contributed by atoms with E-state index in [4.69, 9.17) is 9.31 Å². The topological polar surface area (TPSA) is 60.0 Å². The standard InChI is InChI=1S/C27H34BN3O2/c1-7-13-27(14-8-2)22-15-18(24-17-29-31-30-24)9-11-20(22)21-12-10-19(16-23(21)27)28-32-25(3,4)26(5,6)33-28/h9-12,15-17H,7-8,13-14H2,1-6H3,(H,29,30,31). The van der Waals surface area contributed by atoms with Crippen molar-refractivity contribution in [2.45, 2.75) is 83.8 Å². The Labute approximate surface area is 197 Å². The van der Waals surface area contributed by atoms with Gasteiger partial charge in [0.1, 0.15) is 5.69 Å². The van der Waals surface area contributed by atoms with Gasteiger partial charge in [0.05, 0.1) is 17.4 Å². The van der Waals surface area contributed by atoms with Crippen molar-refractivity contribution >= 4 is 12.6 Å². The van der Waals surface area contributed by atoms with Gasteiger partial charge in [-0.25, -0.2) is 0 Å². The molecule has 1 saturated heterocycles. The Morgan fingerprint density at radius 2 is 1.45 bits per heavy atom. The normalized spacial score (nSPS) is 19.5. The van der Waals surface area contributed by atoms with Gasteiger partial charge in [-0.1, -0.05) is 57.0 Å². The summed E-state index contributed by atoms with van der Waals surface area (Å²) in [5.41, 5.74) is 7.86. The second kappa shape index (κ2) is 7.81. The molecule has 6 heteroatoms. The molecule has 0 atom stereocenters. The van der Waals surface area contributed by atoms with Crippen molar-refractivity contribution in [1.29, 1.82) is 0 Å². The average molecular weight is 443 g/mol. The highest BCUT2D eigenvalue weighted by Gasteiger charge is 2.52. The first kappa shape index (κ1) is 22.4. The van der Waals surface area contributed by atoms with Crippen molar-refractivity contribution in [1.82, 2.24) is 15.4 Å². The summed E-state index contributed by atoms with van der Waals surface area (Å²) >= 11 is 0. The van der Waals surface area contributed by atoms with Gasteiger partial charge in [0.15, 0.2) is 0 Å². The maximum atomic E-state index is 6.40. The number of rotatable bonds is 6. The number of aromatic nitrogens is 3. The summed E-state index contributed by atoms with van der Waals surface area (Å²) in [5, 5.41) is 11.1. The van der Waals surface area contributed by atoms with Crippen molar-refractivity contribution in [2.75, 3.05) is 0 Å². The van der Waals surface area contributed by atoms with Crippen LogP contribution in [0.4, 0.5) is 0 Å². The van der Waals surface area contributed by atoms with E-state index in [0.717, 1.165) is 42.4 Å². The van der Waals surface area contributed by atoms with Crippen LogP contribution in [-0.4, -0.2) is 33.7 Å². The number of H-pyrrole nitrogens is 1. The molecule has 2 heterocycles. The molecule has 1 N–H and O–H groups in total. The van der Waals surface area contributed by atoms with E-state index in [-0.39, 0.29) is 23.7 Å². The van der Waals surface area contributed by atoms with Gasteiger partial charge in [-0.2, -0.15) is 15.4 Å². The Morgan fingerprint density at radius 1 is 0.848 bits per heavy atom. The van der Waals surface area contributed by atoms with E-state index < -0.39 is 0 Å². The van der Waals surface area contributed by atoms with Crippen molar-refractivity contribution in [3.63, 3.8) is 0 Å². The molecule has 0 radical (unpaired) electrons. The molecule has 0 unspecified atom stereocenters. The highest BCUT2D eigenvalue weighted by atomic mass is 16.7. The van der Waals surface area contributed by atoms with Crippen LogP contribution in [0.15, 0.2) is 42.6 Å². The van der Waals surface area contributed by atoms with Crippen LogP contribution in [0.1, 0.15) is 78.4 Å². The van der Waals surface area contributed by atoms with Gasteiger partial charge in [0, 0.05) is 11.0 Å². The maximum absolute atomic E-state index is 6.40. The van der Waals surface area contributed by atoms with Crippen LogP contribution in [0.5, 0.6) is 0 Å². The zero-order chi connectivity index (χ0) is 23.4. The summed E-state index contributed by atoms with van der Waals surface area (Å²) in [5.74, 6) is 0. The van der Waals surface area contributed by atoms with Crippen molar-refractivity contribution in [3.8, 4) is 22.4 Å². The summed E-state index contributed by atoms with van der Waals surface area (Å²) < 4.78 is 12.8. The first-order chi connectivity index (χ1) is 15.7. The lowest BCUT2D eigenvalue weighted by molar-refractivity contribution is 0.00578. The molecule has 0 saturated carbocycles. The maximum Gasteiger partial charge on any atom is 0.494 e. The molecule has 33 heavy (non-hydrogen) atoms. The molecule has 2 aromatic carbocycles. The van der Waals surface area contributed by atoms with E-state index in [9.17, 15) is 0 Å². The van der Waals surface area contributed by atoms with Gasteiger partial charge < -0.3 is 9.31 Å². The van der Waals surface area contributed by atoms with Gasteiger partial charge in [-0.05, 0) is 74.3 Å². The zero-order valence-corrected chi connectivity index (χ0v) is 20.7. The minimum Gasteiger partial charge on any atom is -0.399 e. The molecule has 0 bridgehead atoms. The predicted molar refractivity (Wildman–Crippen MR) is 134 cm³/mol. The SMILES string of the molecule is CCCC1(CCC)c2cc(B3OC(C)(C)C(C)(C)O3)ccc2-c2ccc(-c3cn[nH]n3)cc21. The van der Waals surface area contributed by atoms with Crippen LogP contribution in [0.3, 0.4) is 0 Å². The number of hydrogen-bond acceptors (Lipinski definition) is 4. The molecule has 2 aliphatic rings. The predicted octanol–water partition coefficient (Wildman–Crippen LogP) is 5.64. The fraction of sp³-hybridized carbons (Fsp3) is 0.481. The number of aromatic amines is 1. The largest absolute Gasteiger partial charge is 0.494 e. The average Bonchev–Trinajstić information content (AvgIpc) is 3.45. The number of fused-ring (bicyclic) bond motifs is 3. The summed E-state index contributed by atoms with van der Waals surface area (Å²) in [4.78, 5) is 0. The third-order valence-electron chi connectivity index (χ3n) is 7.97. The van der Waals surface area contributed by atoms with Crippen LogP contribution >= 0.6 is 0 Å². The third kappa shape index (κ3) is 3.38. The monoisotopic (exact) mass is 443 g/mol. The Kier molecular flexibility index (Phi) is 5.29. The van der Waals surface area contributed by atoms with Crippen LogP contribution < -0.4 is 5.46 Å². The van der Waals surface area contributed by atoms with E-state index in [1.54, 1.807) is 6.20 Å². The van der Waals surface area contributed by atoms with Gasteiger partial charge in [0.2, 0.25) is 0 Å². The van der Waals surface area contributed by atoms with E-state index in [2.05, 4.69) is 93.4 Å².